The van der Waals surface area contributed by atoms with Crippen molar-refractivity contribution in [1.29, 1.82) is 0 Å². The van der Waals surface area contributed by atoms with E-state index in [2.05, 4.69) is 15.9 Å². The number of carbonyl (C=O) groups excluding carboxylic acids is 3. The summed E-state index contributed by atoms with van der Waals surface area (Å²) in [6.07, 6.45) is 2.85. The third-order valence-corrected chi connectivity index (χ3v) is 6.22. The highest BCUT2D eigenvalue weighted by atomic mass is 79.9. The summed E-state index contributed by atoms with van der Waals surface area (Å²) in [6.45, 7) is 3.30. The zero-order chi connectivity index (χ0) is 20.3. The van der Waals surface area contributed by atoms with Gasteiger partial charge in [-0.25, -0.2) is 0 Å². The molecule has 0 bridgehead atoms. The van der Waals surface area contributed by atoms with Crippen LogP contribution in [0, 0.1) is 5.92 Å². The molecule has 0 unspecified atom stereocenters. The van der Waals surface area contributed by atoms with Crippen LogP contribution in [0.4, 0.5) is 0 Å². The zero-order valence-electron chi connectivity index (χ0n) is 16.4. The predicted molar refractivity (Wildman–Crippen MR) is 109 cm³/mol. The quantitative estimate of drug-likeness (QED) is 0.624. The van der Waals surface area contributed by atoms with Crippen molar-refractivity contribution in [2.45, 2.75) is 38.0 Å². The molecule has 3 rings (SSSR count). The number of hydrogen-bond donors (Lipinski definition) is 0. The SMILES string of the molecule is CCOC(=O)C1CCN(C(=O)CN(C)C(=O)C2(c3cccc(Br)c3)CC2)CC1. The summed E-state index contributed by atoms with van der Waals surface area (Å²) in [5, 5.41) is 0. The molecule has 1 saturated carbocycles. The van der Waals surface area contributed by atoms with Crippen molar-refractivity contribution in [3.05, 3.63) is 34.3 Å². The van der Waals surface area contributed by atoms with Gasteiger partial charge in [-0.1, -0.05) is 28.1 Å². The first-order chi connectivity index (χ1) is 13.4. The fourth-order valence-corrected chi connectivity index (χ4v) is 4.30. The Balaban J connectivity index is 1.55. The van der Waals surface area contributed by atoms with Gasteiger partial charge < -0.3 is 14.5 Å². The van der Waals surface area contributed by atoms with Gasteiger partial charge in [-0.05, 0) is 50.3 Å². The van der Waals surface area contributed by atoms with Crippen molar-refractivity contribution in [1.82, 2.24) is 9.80 Å². The van der Waals surface area contributed by atoms with Gasteiger partial charge in [0, 0.05) is 24.6 Å². The third-order valence-electron chi connectivity index (χ3n) is 5.72. The van der Waals surface area contributed by atoms with Crippen molar-refractivity contribution in [2.24, 2.45) is 5.92 Å². The number of nitrogens with zero attached hydrogens (tertiary/aromatic N) is 2. The number of halogens is 1. The molecule has 1 aliphatic heterocycles. The second-order valence-corrected chi connectivity index (χ2v) is 8.58. The van der Waals surface area contributed by atoms with Gasteiger partial charge in [-0.3, -0.25) is 14.4 Å². The average molecular weight is 451 g/mol. The maximum absolute atomic E-state index is 13.0. The summed E-state index contributed by atoms with van der Waals surface area (Å²) in [5.74, 6) is -0.371. The highest BCUT2D eigenvalue weighted by Crippen LogP contribution is 2.49. The Hall–Kier alpha value is -1.89. The van der Waals surface area contributed by atoms with Crippen molar-refractivity contribution >= 4 is 33.7 Å². The topological polar surface area (TPSA) is 66.9 Å². The van der Waals surface area contributed by atoms with Gasteiger partial charge in [0.05, 0.1) is 24.5 Å². The molecule has 1 aliphatic carbocycles. The highest BCUT2D eigenvalue weighted by molar-refractivity contribution is 9.10. The molecule has 0 aromatic heterocycles. The molecule has 152 valence electrons. The van der Waals surface area contributed by atoms with Crippen LogP contribution in [0.1, 0.15) is 38.2 Å². The number of likely N-dealkylation sites (N-methyl/N-ethyl adjacent to an activating group) is 1. The van der Waals surface area contributed by atoms with Gasteiger partial charge in [-0.2, -0.15) is 0 Å². The number of benzene rings is 1. The molecule has 2 fully saturated rings. The number of likely N-dealkylation sites (tertiary alicyclic amines) is 1. The lowest BCUT2D eigenvalue weighted by molar-refractivity contribution is -0.151. The van der Waals surface area contributed by atoms with E-state index in [4.69, 9.17) is 4.74 Å². The standard InChI is InChI=1S/C21H27BrN2O4/c1-3-28-19(26)15-7-11-24(12-8-15)18(25)14-23(2)20(27)21(9-10-21)16-5-4-6-17(22)13-16/h4-6,13,15H,3,7-12,14H2,1-2H3. The number of hydrogen-bond acceptors (Lipinski definition) is 4. The van der Waals surface area contributed by atoms with E-state index in [0.717, 1.165) is 22.9 Å². The lowest BCUT2D eigenvalue weighted by atomic mass is 9.94. The number of amides is 2. The third kappa shape index (κ3) is 4.40. The lowest BCUT2D eigenvalue weighted by Crippen LogP contribution is -2.47. The molecular formula is C21H27BrN2O4. The lowest BCUT2D eigenvalue weighted by Gasteiger charge is -2.32. The minimum absolute atomic E-state index is 0.000333. The van der Waals surface area contributed by atoms with Crippen LogP contribution in [0.15, 0.2) is 28.7 Å². The Morgan fingerprint density at radius 1 is 1.25 bits per heavy atom. The Morgan fingerprint density at radius 2 is 1.93 bits per heavy atom. The van der Waals surface area contributed by atoms with Crippen LogP contribution in [0.5, 0.6) is 0 Å². The molecule has 0 atom stereocenters. The van der Waals surface area contributed by atoms with Gasteiger partial charge in [-0.15, -0.1) is 0 Å². The molecule has 6 nitrogen and oxygen atoms in total. The van der Waals surface area contributed by atoms with E-state index in [1.807, 2.05) is 24.3 Å². The average Bonchev–Trinajstić information content (AvgIpc) is 3.49. The molecule has 1 aromatic rings. The minimum Gasteiger partial charge on any atom is -0.466 e. The first-order valence-corrected chi connectivity index (χ1v) is 10.6. The van der Waals surface area contributed by atoms with Crippen LogP contribution in [0.3, 0.4) is 0 Å². The Labute approximate surface area is 174 Å². The summed E-state index contributed by atoms with van der Waals surface area (Å²) in [5.41, 5.74) is 0.511. The molecule has 0 radical (unpaired) electrons. The number of esters is 1. The molecule has 2 aliphatic rings. The summed E-state index contributed by atoms with van der Waals surface area (Å²) in [7, 11) is 1.70. The predicted octanol–water partition coefficient (Wildman–Crippen LogP) is 2.74. The summed E-state index contributed by atoms with van der Waals surface area (Å²) in [4.78, 5) is 40.8. The summed E-state index contributed by atoms with van der Waals surface area (Å²) >= 11 is 3.47. The molecular weight excluding hydrogens is 424 g/mol. The van der Waals surface area contributed by atoms with Crippen molar-refractivity contribution in [2.75, 3.05) is 33.3 Å². The largest absolute Gasteiger partial charge is 0.466 e. The Kier molecular flexibility index (Phi) is 6.43. The second kappa shape index (κ2) is 8.64. The van der Waals surface area contributed by atoms with E-state index in [9.17, 15) is 14.4 Å². The first kappa shape index (κ1) is 20.8. The molecule has 7 heteroatoms. The van der Waals surface area contributed by atoms with Gasteiger partial charge in [0.25, 0.3) is 0 Å². The molecule has 1 saturated heterocycles. The van der Waals surface area contributed by atoms with Crippen LogP contribution >= 0.6 is 15.9 Å². The molecule has 2 amide bonds. The summed E-state index contributed by atoms with van der Waals surface area (Å²) < 4.78 is 6.02. The van der Waals surface area contributed by atoms with E-state index in [0.29, 0.717) is 32.5 Å². The maximum Gasteiger partial charge on any atom is 0.309 e. The molecule has 0 spiro atoms. The number of ether oxygens (including phenoxy) is 1. The minimum atomic E-state index is -0.490. The molecule has 1 aromatic carbocycles. The van der Waals surface area contributed by atoms with Crippen LogP contribution in [-0.4, -0.2) is 60.9 Å². The van der Waals surface area contributed by atoms with Crippen LogP contribution in [-0.2, 0) is 24.5 Å². The van der Waals surface area contributed by atoms with E-state index >= 15 is 0 Å². The maximum atomic E-state index is 13.0. The molecule has 0 N–H and O–H groups in total. The van der Waals surface area contributed by atoms with Crippen LogP contribution in [0.2, 0.25) is 0 Å². The van der Waals surface area contributed by atoms with Gasteiger partial charge in [0.1, 0.15) is 0 Å². The summed E-state index contributed by atoms with van der Waals surface area (Å²) in [6, 6.07) is 7.84. The number of piperidine rings is 1. The van der Waals surface area contributed by atoms with E-state index in [1.165, 1.54) is 0 Å². The first-order valence-electron chi connectivity index (χ1n) is 9.83. The molecule has 28 heavy (non-hydrogen) atoms. The second-order valence-electron chi connectivity index (χ2n) is 7.66. The zero-order valence-corrected chi connectivity index (χ0v) is 18.0. The van der Waals surface area contributed by atoms with Crippen LogP contribution < -0.4 is 0 Å². The van der Waals surface area contributed by atoms with Gasteiger partial charge in [0.15, 0.2) is 0 Å². The van der Waals surface area contributed by atoms with Gasteiger partial charge >= 0.3 is 5.97 Å². The van der Waals surface area contributed by atoms with Crippen molar-refractivity contribution in [3.8, 4) is 0 Å². The fourth-order valence-electron chi connectivity index (χ4n) is 3.90. The number of carbonyl (C=O) groups is 3. The smallest absolute Gasteiger partial charge is 0.309 e. The number of rotatable bonds is 6. The fraction of sp³-hybridized carbons (Fsp3) is 0.571. The normalized spacial score (nSPS) is 18.5. The van der Waals surface area contributed by atoms with Crippen molar-refractivity contribution < 1.29 is 19.1 Å². The Morgan fingerprint density at radius 3 is 2.50 bits per heavy atom. The monoisotopic (exact) mass is 450 g/mol. The van der Waals surface area contributed by atoms with E-state index < -0.39 is 5.41 Å². The van der Waals surface area contributed by atoms with Crippen molar-refractivity contribution in [3.63, 3.8) is 0 Å². The highest BCUT2D eigenvalue weighted by Gasteiger charge is 2.52. The van der Waals surface area contributed by atoms with E-state index in [1.54, 1.807) is 23.8 Å². The van der Waals surface area contributed by atoms with E-state index in [-0.39, 0.29) is 30.2 Å². The van der Waals surface area contributed by atoms with Crippen LogP contribution in [0.25, 0.3) is 0 Å². The van der Waals surface area contributed by atoms with Gasteiger partial charge in [0.2, 0.25) is 11.8 Å². The molecule has 1 heterocycles. The Bertz CT molecular complexity index is 755.